The average molecular weight is 228 g/mol. The zero-order chi connectivity index (χ0) is 12.3. The lowest BCUT2D eigenvalue weighted by Gasteiger charge is -2.08. The largest absolute Gasteiger partial charge is 0.387 e. The molecule has 0 aliphatic heterocycles. The van der Waals surface area contributed by atoms with Gasteiger partial charge in [-0.25, -0.2) is 4.39 Å². The first-order chi connectivity index (χ1) is 7.47. The zero-order valence-corrected chi connectivity index (χ0v) is 7.85. The summed E-state index contributed by atoms with van der Waals surface area (Å²) in [6, 6.07) is 2.48. The number of rotatable bonds is 3. The third kappa shape index (κ3) is 2.29. The highest BCUT2D eigenvalue weighted by molar-refractivity contribution is 5.37. The molecule has 0 fully saturated rings. The second-order valence-corrected chi connectivity index (χ2v) is 2.96. The summed E-state index contributed by atoms with van der Waals surface area (Å²) in [6.45, 7) is 0. The highest BCUT2D eigenvalue weighted by Gasteiger charge is 2.21. The van der Waals surface area contributed by atoms with Crippen molar-refractivity contribution < 1.29 is 18.8 Å². The molecule has 1 unspecified atom stereocenters. The van der Waals surface area contributed by atoms with Crippen LogP contribution < -0.4 is 0 Å². The molecule has 0 aromatic heterocycles. The maximum Gasteiger partial charge on any atom is 0.307 e. The summed E-state index contributed by atoms with van der Waals surface area (Å²) in [4.78, 5) is 9.19. The number of aliphatic hydroxyl groups excluding tert-OH is 1. The van der Waals surface area contributed by atoms with E-state index in [0.29, 0.717) is 12.1 Å². The molecular weight excluding hydrogens is 222 g/mol. The minimum Gasteiger partial charge on any atom is -0.387 e. The van der Waals surface area contributed by atoms with Crippen molar-refractivity contribution in [2.75, 3.05) is 0 Å². The molecule has 0 amide bonds. The molecule has 0 saturated carbocycles. The van der Waals surface area contributed by atoms with Crippen molar-refractivity contribution in [3.05, 3.63) is 39.4 Å². The van der Waals surface area contributed by atoms with E-state index in [2.05, 4.69) is 0 Å². The van der Waals surface area contributed by atoms with Crippen LogP contribution in [0.3, 0.4) is 0 Å². The zero-order valence-electron chi connectivity index (χ0n) is 7.85. The highest BCUT2D eigenvalue weighted by atomic mass is 19.1. The van der Waals surface area contributed by atoms with Crippen LogP contribution in [0.4, 0.5) is 14.5 Å². The highest BCUT2D eigenvalue weighted by Crippen LogP contribution is 2.26. The van der Waals surface area contributed by atoms with Crippen LogP contribution in [0.15, 0.2) is 12.1 Å². The number of nitrogens with zero attached hydrogens (tertiary/aromatic N) is 2. The monoisotopic (exact) mass is 228 g/mol. The first-order valence-electron chi connectivity index (χ1n) is 4.15. The molecule has 0 heterocycles. The van der Waals surface area contributed by atoms with E-state index in [0.717, 1.165) is 0 Å². The van der Waals surface area contributed by atoms with Gasteiger partial charge >= 0.3 is 5.69 Å². The normalized spacial score (nSPS) is 11.9. The van der Waals surface area contributed by atoms with Gasteiger partial charge in [0.05, 0.1) is 29.6 Å². The number of hydrogen-bond acceptors (Lipinski definition) is 4. The number of halogens is 2. The van der Waals surface area contributed by atoms with Gasteiger partial charge in [-0.2, -0.15) is 9.65 Å². The Morgan fingerprint density at radius 2 is 2.12 bits per heavy atom. The molecule has 16 heavy (non-hydrogen) atoms. The van der Waals surface area contributed by atoms with Crippen molar-refractivity contribution in [2.24, 2.45) is 0 Å². The van der Waals surface area contributed by atoms with Crippen LogP contribution in [0.1, 0.15) is 18.1 Å². The van der Waals surface area contributed by atoms with Crippen LogP contribution >= 0.6 is 0 Å². The Hall–Kier alpha value is -2.07. The van der Waals surface area contributed by atoms with Crippen molar-refractivity contribution >= 4 is 5.69 Å². The molecule has 0 aliphatic carbocycles. The molecule has 0 bridgehead atoms. The Balaban J connectivity index is 3.21. The number of nitro benzene ring substituents is 1. The molecule has 7 heteroatoms. The van der Waals surface area contributed by atoms with E-state index < -0.39 is 40.3 Å². The second-order valence-electron chi connectivity index (χ2n) is 2.96. The van der Waals surface area contributed by atoms with E-state index in [-0.39, 0.29) is 0 Å². The minimum absolute atomic E-state index is 0.380. The van der Waals surface area contributed by atoms with Crippen LogP contribution in [-0.4, -0.2) is 10.0 Å². The van der Waals surface area contributed by atoms with E-state index in [1.165, 1.54) is 0 Å². The van der Waals surface area contributed by atoms with Gasteiger partial charge in [-0.3, -0.25) is 10.1 Å². The van der Waals surface area contributed by atoms with Gasteiger partial charge in [-0.05, 0) is 6.07 Å². The van der Waals surface area contributed by atoms with Crippen molar-refractivity contribution in [1.29, 1.82) is 5.26 Å². The van der Waals surface area contributed by atoms with Crippen LogP contribution in [0.2, 0.25) is 0 Å². The van der Waals surface area contributed by atoms with Gasteiger partial charge in [0.1, 0.15) is 5.82 Å². The van der Waals surface area contributed by atoms with Crippen molar-refractivity contribution in [3.63, 3.8) is 0 Å². The molecule has 5 nitrogen and oxygen atoms in total. The molecule has 1 aromatic rings. The number of nitriles is 1. The lowest BCUT2D eigenvalue weighted by molar-refractivity contribution is -0.387. The fourth-order valence-corrected chi connectivity index (χ4v) is 1.14. The molecule has 0 spiro atoms. The SMILES string of the molecule is N#CCC(O)c1cc(F)c([N+](=O)[O-])cc1F. The van der Waals surface area contributed by atoms with Gasteiger partial charge in [0.2, 0.25) is 5.82 Å². The fraction of sp³-hybridized carbons (Fsp3) is 0.222. The lowest BCUT2D eigenvalue weighted by Crippen LogP contribution is -2.03. The van der Waals surface area contributed by atoms with Gasteiger partial charge in [-0.15, -0.1) is 0 Å². The molecular formula is C9H6F2N2O3. The molecule has 84 valence electrons. The second kappa shape index (κ2) is 4.63. The summed E-state index contributed by atoms with van der Waals surface area (Å²) < 4.78 is 26.3. The predicted molar refractivity (Wildman–Crippen MR) is 48.2 cm³/mol. The van der Waals surface area contributed by atoms with E-state index in [1.54, 1.807) is 6.07 Å². The van der Waals surface area contributed by atoms with Crippen molar-refractivity contribution in [2.45, 2.75) is 12.5 Å². The number of hydrogen-bond donors (Lipinski definition) is 1. The third-order valence-electron chi connectivity index (χ3n) is 1.91. The molecule has 1 aromatic carbocycles. The van der Waals surface area contributed by atoms with Gasteiger partial charge in [0.15, 0.2) is 0 Å². The smallest absolute Gasteiger partial charge is 0.307 e. The molecule has 1 rings (SSSR count). The lowest BCUT2D eigenvalue weighted by atomic mass is 10.1. The van der Waals surface area contributed by atoms with Crippen molar-refractivity contribution in [3.8, 4) is 6.07 Å². The van der Waals surface area contributed by atoms with Gasteiger partial charge in [0.25, 0.3) is 0 Å². The van der Waals surface area contributed by atoms with E-state index in [9.17, 15) is 24.0 Å². The summed E-state index contributed by atoms with van der Waals surface area (Å²) in [5.74, 6) is -2.37. The molecule has 1 N–H and O–H groups in total. The van der Waals surface area contributed by atoms with Gasteiger partial charge < -0.3 is 5.11 Å². The third-order valence-corrected chi connectivity index (χ3v) is 1.91. The van der Waals surface area contributed by atoms with E-state index in [1.807, 2.05) is 0 Å². The van der Waals surface area contributed by atoms with E-state index in [4.69, 9.17) is 5.26 Å². The summed E-state index contributed by atoms with van der Waals surface area (Å²) >= 11 is 0. The maximum absolute atomic E-state index is 13.2. The summed E-state index contributed by atoms with van der Waals surface area (Å²) in [6.07, 6.45) is -1.92. The number of aliphatic hydroxyl groups is 1. The Morgan fingerprint density at radius 3 is 2.62 bits per heavy atom. The first kappa shape index (κ1) is 12.0. The van der Waals surface area contributed by atoms with Gasteiger partial charge in [-0.1, -0.05) is 0 Å². The Morgan fingerprint density at radius 1 is 1.50 bits per heavy atom. The standard InChI is InChI=1S/C9H6F2N2O3/c10-6-4-8(13(15)16)7(11)3-5(6)9(14)1-2-12/h3-4,9,14H,1H2. The van der Waals surface area contributed by atoms with Crippen LogP contribution in [0, 0.1) is 33.1 Å². The summed E-state index contributed by atoms with van der Waals surface area (Å²) in [5.41, 5.74) is -1.48. The number of nitro groups is 1. The Labute approximate surface area is 88.7 Å². The van der Waals surface area contributed by atoms with Crippen LogP contribution in [0.25, 0.3) is 0 Å². The fourth-order valence-electron chi connectivity index (χ4n) is 1.14. The average Bonchev–Trinajstić information content (AvgIpc) is 2.20. The quantitative estimate of drug-likeness (QED) is 0.631. The predicted octanol–water partition coefficient (Wildman–Crippen LogP) is 1.82. The number of benzene rings is 1. The first-order valence-corrected chi connectivity index (χ1v) is 4.15. The minimum atomic E-state index is -1.50. The maximum atomic E-state index is 13.2. The van der Waals surface area contributed by atoms with Crippen LogP contribution in [-0.2, 0) is 0 Å². The van der Waals surface area contributed by atoms with Gasteiger partial charge in [0, 0.05) is 5.56 Å². The topological polar surface area (TPSA) is 87.2 Å². The van der Waals surface area contributed by atoms with Crippen LogP contribution in [0.5, 0.6) is 0 Å². The molecule has 1 atom stereocenters. The molecule has 0 radical (unpaired) electrons. The molecule has 0 saturated heterocycles. The Bertz CT molecular complexity index is 471. The van der Waals surface area contributed by atoms with E-state index >= 15 is 0 Å². The Kier molecular flexibility index (Phi) is 3.48. The molecule has 0 aliphatic rings. The summed E-state index contributed by atoms with van der Waals surface area (Å²) in [5, 5.41) is 27.8. The van der Waals surface area contributed by atoms with Crippen molar-refractivity contribution in [1.82, 2.24) is 0 Å². The summed E-state index contributed by atoms with van der Waals surface area (Å²) in [7, 11) is 0.